The predicted octanol–water partition coefficient (Wildman–Crippen LogP) is 2.47. The van der Waals surface area contributed by atoms with Crippen molar-refractivity contribution in [3.05, 3.63) is 58.1 Å². The van der Waals surface area contributed by atoms with E-state index in [9.17, 15) is 19.7 Å². The Morgan fingerprint density at radius 1 is 1.11 bits per heavy atom. The zero-order valence-corrected chi connectivity index (χ0v) is 14.8. The van der Waals surface area contributed by atoms with Crippen molar-refractivity contribution < 1.29 is 28.7 Å². The summed E-state index contributed by atoms with van der Waals surface area (Å²) in [4.78, 5) is 33.8. The van der Waals surface area contributed by atoms with Crippen molar-refractivity contribution in [1.29, 1.82) is 0 Å². The van der Waals surface area contributed by atoms with Crippen LogP contribution >= 0.6 is 0 Å². The number of para-hydroxylation sites is 2. The zero-order valence-electron chi connectivity index (χ0n) is 14.8. The molecule has 2 aromatic rings. The summed E-state index contributed by atoms with van der Waals surface area (Å²) in [6.45, 7) is 0.727. The summed E-state index contributed by atoms with van der Waals surface area (Å²) >= 11 is 0. The van der Waals surface area contributed by atoms with Gasteiger partial charge in [-0.2, -0.15) is 0 Å². The highest BCUT2D eigenvalue weighted by molar-refractivity contribution is 5.93. The van der Waals surface area contributed by atoms with Crippen molar-refractivity contribution in [2.45, 2.75) is 6.92 Å². The summed E-state index contributed by atoms with van der Waals surface area (Å²) < 4.78 is 15.2. The largest absolute Gasteiger partial charge is 0.493 e. The standard InChI is InChI=1S/C18H18N2O7/c1-12-9-13(20(23)24)7-8-14(12)19-17(21)10-27-18(22)11-26-16-6-4-3-5-15(16)25-2/h3-9H,10-11H2,1-2H3,(H,19,21). The maximum Gasteiger partial charge on any atom is 0.344 e. The molecule has 9 heteroatoms. The number of carbonyl (C=O) groups is 2. The molecule has 0 fully saturated rings. The van der Waals surface area contributed by atoms with Gasteiger partial charge in [0.05, 0.1) is 12.0 Å². The van der Waals surface area contributed by atoms with E-state index < -0.39 is 23.4 Å². The molecule has 0 aromatic heterocycles. The van der Waals surface area contributed by atoms with E-state index in [0.717, 1.165) is 0 Å². The first-order valence-electron chi connectivity index (χ1n) is 7.87. The smallest absolute Gasteiger partial charge is 0.344 e. The van der Waals surface area contributed by atoms with Gasteiger partial charge in [-0.25, -0.2) is 4.79 Å². The predicted molar refractivity (Wildman–Crippen MR) is 95.9 cm³/mol. The Kier molecular flexibility index (Phi) is 6.70. The van der Waals surface area contributed by atoms with Crippen LogP contribution in [0.3, 0.4) is 0 Å². The van der Waals surface area contributed by atoms with Crippen molar-refractivity contribution >= 4 is 23.3 Å². The lowest BCUT2D eigenvalue weighted by molar-refractivity contribution is -0.384. The van der Waals surface area contributed by atoms with Gasteiger partial charge in [0.2, 0.25) is 0 Å². The second-order valence-electron chi connectivity index (χ2n) is 5.40. The molecule has 27 heavy (non-hydrogen) atoms. The number of ether oxygens (including phenoxy) is 3. The van der Waals surface area contributed by atoms with Crippen LogP contribution in [0.5, 0.6) is 11.5 Å². The van der Waals surface area contributed by atoms with Crippen molar-refractivity contribution in [2.75, 3.05) is 25.6 Å². The van der Waals surface area contributed by atoms with Gasteiger partial charge in [0.25, 0.3) is 11.6 Å². The quantitative estimate of drug-likeness (QED) is 0.428. The molecule has 9 nitrogen and oxygen atoms in total. The number of nitro groups is 1. The summed E-state index contributed by atoms with van der Waals surface area (Å²) in [5.41, 5.74) is 0.834. The molecule has 1 amide bonds. The second kappa shape index (κ2) is 9.18. The third-order valence-corrected chi connectivity index (χ3v) is 3.47. The van der Waals surface area contributed by atoms with E-state index >= 15 is 0 Å². The molecular weight excluding hydrogens is 356 g/mol. The van der Waals surface area contributed by atoms with Crippen LogP contribution in [0.25, 0.3) is 0 Å². The molecule has 0 saturated carbocycles. The summed E-state index contributed by atoms with van der Waals surface area (Å²) in [5.74, 6) is -0.450. The van der Waals surface area contributed by atoms with Gasteiger partial charge < -0.3 is 19.5 Å². The molecule has 2 aromatic carbocycles. The van der Waals surface area contributed by atoms with E-state index in [-0.39, 0.29) is 12.3 Å². The number of non-ortho nitro benzene ring substituents is 1. The number of methoxy groups -OCH3 is 1. The van der Waals surface area contributed by atoms with Gasteiger partial charge >= 0.3 is 5.97 Å². The number of anilines is 1. The molecule has 142 valence electrons. The second-order valence-corrected chi connectivity index (χ2v) is 5.40. The lowest BCUT2D eigenvalue weighted by atomic mass is 10.2. The Balaban J connectivity index is 1.81. The average molecular weight is 374 g/mol. The van der Waals surface area contributed by atoms with Gasteiger partial charge in [-0.3, -0.25) is 14.9 Å². The molecule has 0 aliphatic heterocycles. The maximum atomic E-state index is 11.9. The molecule has 0 radical (unpaired) electrons. The van der Waals surface area contributed by atoms with E-state index in [4.69, 9.17) is 14.2 Å². The summed E-state index contributed by atoms with van der Waals surface area (Å²) in [7, 11) is 1.48. The number of aryl methyl sites for hydroxylation is 1. The van der Waals surface area contributed by atoms with Gasteiger partial charge in [-0.15, -0.1) is 0 Å². The average Bonchev–Trinajstić information content (AvgIpc) is 2.66. The van der Waals surface area contributed by atoms with Crippen LogP contribution in [0.1, 0.15) is 5.56 Å². The van der Waals surface area contributed by atoms with Gasteiger partial charge in [-0.1, -0.05) is 12.1 Å². The summed E-state index contributed by atoms with van der Waals surface area (Å²) in [6.07, 6.45) is 0. The van der Waals surface area contributed by atoms with Crippen LogP contribution in [0, 0.1) is 17.0 Å². The monoisotopic (exact) mass is 374 g/mol. The molecule has 0 spiro atoms. The molecule has 0 aliphatic carbocycles. The van der Waals surface area contributed by atoms with Crippen molar-refractivity contribution in [2.24, 2.45) is 0 Å². The van der Waals surface area contributed by atoms with Gasteiger partial charge in [-0.05, 0) is 30.7 Å². The van der Waals surface area contributed by atoms with Gasteiger partial charge in [0, 0.05) is 17.8 Å². The highest BCUT2D eigenvalue weighted by Crippen LogP contribution is 2.25. The Hall–Kier alpha value is -3.62. The molecule has 0 unspecified atom stereocenters. The molecule has 2 rings (SSSR count). The lowest BCUT2D eigenvalue weighted by Crippen LogP contribution is -2.24. The highest BCUT2D eigenvalue weighted by atomic mass is 16.6. The molecule has 0 saturated heterocycles. The number of amides is 1. The van der Waals surface area contributed by atoms with Gasteiger partial charge in [0.1, 0.15) is 0 Å². The Bertz CT molecular complexity index is 851. The van der Waals surface area contributed by atoms with Crippen LogP contribution in [0.15, 0.2) is 42.5 Å². The lowest BCUT2D eigenvalue weighted by Gasteiger charge is -2.11. The molecular formula is C18H18N2O7. The fourth-order valence-electron chi connectivity index (χ4n) is 2.15. The molecule has 0 heterocycles. The number of nitro benzene ring substituents is 1. The van der Waals surface area contributed by atoms with E-state index in [1.54, 1.807) is 31.2 Å². The van der Waals surface area contributed by atoms with Crippen molar-refractivity contribution in [3.63, 3.8) is 0 Å². The van der Waals surface area contributed by atoms with E-state index in [1.807, 2.05) is 0 Å². The first-order valence-corrected chi connectivity index (χ1v) is 7.87. The Morgan fingerprint density at radius 3 is 2.44 bits per heavy atom. The number of esters is 1. The third kappa shape index (κ3) is 5.70. The van der Waals surface area contributed by atoms with E-state index in [1.165, 1.54) is 25.3 Å². The van der Waals surface area contributed by atoms with Crippen LogP contribution in [-0.4, -0.2) is 37.1 Å². The number of hydrogen-bond donors (Lipinski definition) is 1. The molecule has 0 atom stereocenters. The normalized spacial score (nSPS) is 10.0. The minimum absolute atomic E-state index is 0.0783. The number of rotatable bonds is 8. The van der Waals surface area contributed by atoms with Crippen LogP contribution in [0.2, 0.25) is 0 Å². The Labute approximate surface area is 155 Å². The number of nitrogens with zero attached hydrogens (tertiary/aromatic N) is 1. The molecule has 1 N–H and O–H groups in total. The fourth-order valence-corrected chi connectivity index (χ4v) is 2.15. The SMILES string of the molecule is COc1ccccc1OCC(=O)OCC(=O)Nc1ccc([N+](=O)[O-])cc1C. The summed E-state index contributed by atoms with van der Waals surface area (Å²) in [6, 6.07) is 10.8. The number of carbonyl (C=O) groups excluding carboxylic acids is 2. The zero-order chi connectivity index (χ0) is 19.8. The number of benzene rings is 2. The van der Waals surface area contributed by atoms with Crippen molar-refractivity contribution in [1.82, 2.24) is 0 Å². The summed E-state index contributed by atoms with van der Waals surface area (Å²) in [5, 5.41) is 13.2. The van der Waals surface area contributed by atoms with E-state index in [0.29, 0.717) is 22.7 Å². The number of hydrogen-bond acceptors (Lipinski definition) is 7. The topological polar surface area (TPSA) is 117 Å². The highest BCUT2D eigenvalue weighted by Gasteiger charge is 2.13. The first-order chi connectivity index (χ1) is 12.9. The maximum absolute atomic E-state index is 11.9. The fraction of sp³-hybridized carbons (Fsp3) is 0.222. The Morgan fingerprint density at radius 2 is 1.81 bits per heavy atom. The van der Waals surface area contributed by atoms with Crippen LogP contribution in [-0.2, 0) is 14.3 Å². The van der Waals surface area contributed by atoms with Crippen LogP contribution in [0.4, 0.5) is 11.4 Å². The van der Waals surface area contributed by atoms with Crippen LogP contribution < -0.4 is 14.8 Å². The van der Waals surface area contributed by atoms with Crippen molar-refractivity contribution in [3.8, 4) is 11.5 Å². The number of nitrogens with one attached hydrogen (secondary N) is 1. The van der Waals surface area contributed by atoms with E-state index in [2.05, 4.69) is 5.32 Å². The van der Waals surface area contributed by atoms with Gasteiger partial charge in [0.15, 0.2) is 24.7 Å². The molecule has 0 aliphatic rings. The minimum atomic E-state index is -0.725. The third-order valence-electron chi connectivity index (χ3n) is 3.47. The molecule has 0 bridgehead atoms. The first kappa shape index (κ1) is 19.7. The minimum Gasteiger partial charge on any atom is -0.493 e.